The monoisotopic (exact) mass is 266 g/mol. The Morgan fingerprint density at radius 1 is 1.50 bits per heavy atom. The normalized spacial score (nSPS) is 23.8. The summed E-state index contributed by atoms with van der Waals surface area (Å²) >= 11 is 6.13. The summed E-state index contributed by atoms with van der Waals surface area (Å²) in [6.07, 6.45) is 0.605. The molecule has 1 N–H and O–H groups in total. The number of rotatable bonds is 3. The van der Waals surface area contributed by atoms with Crippen molar-refractivity contribution < 1.29 is 4.79 Å². The van der Waals surface area contributed by atoms with Crippen molar-refractivity contribution in [2.45, 2.75) is 26.3 Å². The maximum Gasteiger partial charge on any atom is 0.227 e. The molecule has 0 saturated carbocycles. The predicted octanol–water partition coefficient (Wildman–Crippen LogP) is 2.61. The zero-order valence-electron chi connectivity index (χ0n) is 11.0. The highest BCUT2D eigenvalue weighted by atomic mass is 35.5. The lowest BCUT2D eigenvalue weighted by Gasteiger charge is -2.26. The van der Waals surface area contributed by atoms with E-state index in [4.69, 9.17) is 11.6 Å². The number of nitrogens with one attached hydrogen (secondary N) is 1. The molecule has 3 nitrogen and oxygen atoms in total. The van der Waals surface area contributed by atoms with Gasteiger partial charge in [-0.05, 0) is 38.6 Å². The molecule has 4 heteroatoms. The molecule has 98 valence electrons. The summed E-state index contributed by atoms with van der Waals surface area (Å²) in [4.78, 5) is 14.1. The number of anilines is 1. The van der Waals surface area contributed by atoms with E-state index >= 15 is 0 Å². The lowest BCUT2D eigenvalue weighted by Crippen LogP contribution is -2.35. The van der Waals surface area contributed by atoms with E-state index in [0.717, 1.165) is 17.8 Å². The van der Waals surface area contributed by atoms with Gasteiger partial charge in [0.15, 0.2) is 0 Å². The Bertz CT molecular complexity index is 461. The Hall–Kier alpha value is -1.06. The summed E-state index contributed by atoms with van der Waals surface area (Å²) < 4.78 is 0. The van der Waals surface area contributed by atoms with Crippen molar-refractivity contribution in [3.8, 4) is 0 Å². The standard InChI is InChI=1S/C14H19ClN2O/c1-9-12(15)5-4-6-13(9)17-10(2)11(8-16-3)7-14(17)18/h4-6,10-11,16H,7-8H2,1-3H3. The second-order valence-electron chi connectivity index (χ2n) is 4.91. The van der Waals surface area contributed by atoms with Crippen LogP contribution >= 0.6 is 11.6 Å². The molecule has 1 amide bonds. The molecule has 0 radical (unpaired) electrons. The Labute approximate surface area is 113 Å². The zero-order valence-corrected chi connectivity index (χ0v) is 11.8. The zero-order chi connectivity index (χ0) is 13.3. The molecule has 0 aromatic heterocycles. The van der Waals surface area contributed by atoms with Crippen molar-refractivity contribution in [3.63, 3.8) is 0 Å². The van der Waals surface area contributed by atoms with Gasteiger partial charge < -0.3 is 10.2 Å². The second-order valence-corrected chi connectivity index (χ2v) is 5.32. The van der Waals surface area contributed by atoms with Gasteiger partial charge in [0.25, 0.3) is 0 Å². The highest BCUT2D eigenvalue weighted by Gasteiger charge is 2.37. The smallest absolute Gasteiger partial charge is 0.227 e. The van der Waals surface area contributed by atoms with Gasteiger partial charge in [0.1, 0.15) is 0 Å². The summed E-state index contributed by atoms with van der Waals surface area (Å²) in [5.41, 5.74) is 1.92. The molecule has 1 aromatic rings. The highest BCUT2D eigenvalue weighted by Crippen LogP contribution is 2.34. The molecule has 0 bridgehead atoms. The van der Waals surface area contributed by atoms with E-state index in [-0.39, 0.29) is 11.9 Å². The summed E-state index contributed by atoms with van der Waals surface area (Å²) in [6.45, 7) is 4.93. The fourth-order valence-corrected chi connectivity index (χ4v) is 2.82. The van der Waals surface area contributed by atoms with Crippen molar-refractivity contribution in [1.82, 2.24) is 5.32 Å². The quantitative estimate of drug-likeness (QED) is 0.912. The fourth-order valence-electron chi connectivity index (χ4n) is 2.65. The Balaban J connectivity index is 2.33. The van der Waals surface area contributed by atoms with Crippen LogP contribution in [0, 0.1) is 12.8 Å². The van der Waals surface area contributed by atoms with E-state index < -0.39 is 0 Å². The molecule has 18 heavy (non-hydrogen) atoms. The number of hydrogen-bond donors (Lipinski definition) is 1. The number of benzene rings is 1. The van der Waals surface area contributed by atoms with E-state index in [2.05, 4.69) is 12.2 Å². The SMILES string of the molecule is CNCC1CC(=O)N(c2cccc(Cl)c2C)C1C. The first-order valence-electron chi connectivity index (χ1n) is 6.28. The van der Waals surface area contributed by atoms with Gasteiger partial charge in [-0.15, -0.1) is 0 Å². The average Bonchev–Trinajstić information content (AvgIpc) is 2.60. The highest BCUT2D eigenvalue weighted by molar-refractivity contribution is 6.31. The molecule has 1 heterocycles. The molecule has 1 aromatic carbocycles. The summed E-state index contributed by atoms with van der Waals surface area (Å²) in [5, 5.41) is 3.87. The van der Waals surface area contributed by atoms with E-state index in [1.807, 2.05) is 37.1 Å². The minimum absolute atomic E-state index is 0.188. The number of nitrogens with zero attached hydrogens (tertiary/aromatic N) is 1. The Morgan fingerprint density at radius 3 is 2.89 bits per heavy atom. The number of amides is 1. The number of halogens is 1. The van der Waals surface area contributed by atoms with Crippen LogP contribution < -0.4 is 10.2 Å². The number of hydrogen-bond acceptors (Lipinski definition) is 2. The molecule has 0 aliphatic carbocycles. The third-order valence-electron chi connectivity index (χ3n) is 3.76. The molecule has 0 spiro atoms. The van der Waals surface area contributed by atoms with E-state index in [0.29, 0.717) is 17.4 Å². The molecular formula is C14H19ClN2O. The second kappa shape index (κ2) is 5.29. The first-order valence-corrected chi connectivity index (χ1v) is 6.65. The van der Waals surface area contributed by atoms with Crippen LogP contribution in [0.5, 0.6) is 0 Å². The lowest BCUT2D eigenvalue weighted by molar-refractivity contribution is -0.117. The van der Waals surface area contributed by atoms with E-state index in [1.165, 1.54) is 0 Å². The van der Waals surface area contributed by atoms with Crippen molar-refractivity contribution >= 4 is 23.2 Å². The third-order valence-corrected chi connectivity index (χ3v) is 4.17. The van der Waals surface area contributed by atoms with Crippen molar-refractivity contribution in [2.75, 3.05) is 18.5 Å². The Morgan fingerprint density at radius 2 is 2.22 bits per heavy atom. The predicted molar refractivity (Wildman–Crippen MR) is 75.2 cm³/mol. The largest absolute Gasteiger partial charge is 0.319 e. The van der Waals surface area contributed by atoms with Crippen LogP contribution in [0.25, 0.3) is 0 Å². The van der Waals surface area contributed by atoms with Crippen LogP contribution in [0.4, 0.5) is 5.69 Å². The molecule has 2 unspecified atom stereocenters. The van der Waals surface area contributed by atoms with Crippen LogP contribution in [-0.4, -0.2) is 25.5 Å². The van der Waals surface area contributed by atoms with Crippen LogP contribution in [0.2, 0.25) is 5.02 Å². The van der Waals surface area contributed by atoms with Gasteiger partial charge in [0.05, 0.1) is 0 Å². The maximum atomic E-state index is 12.2. The average molecular weight is 267 g/mol. The molecular weight excluding hydrogens is 248 g/mol. The van der Waals surface area contributed by atoms with E-state index in [9.17, 15) is 4.79 Å². The van der Waals surface area contributed by atoms with Gasteiger partial charge in [-0.2, -0.15) is 0 Å². The van der Waals surface area contributed by atoms with Gasteiger partial charge in [-0.3, -0.25) is 4.79 Å². The minimum atomic E-state index is 0.188. The van der Waals surface area contributed by atoms with Gasteiger partial charge in [0.2, 0.25) is 5.91 Å². The fraction of sp³-hybridized carbons (Fsp3) is 0.500. The van der Waals surface area contributed by atoms with Gasteiger partial charge in [0, 0.05) is 35.6 Å². The van der Waals surface area contributed by atoms with Gasteiger partial charge in [-0.25, -0.2) is 0 Å². The van der Waals surface area contributed by atoms with Crippen LogP contribution in [0.15, 0.2) is 18.2 Å². The lowest BCUT2D eigenvalue weighted by atomic mass is 10.0. The third kappa shape index (κ3) is 2.25. The molecule has 1 saturated heterocycles. The first kappa shape index (κ1) is 13.4. The van der Waals surface area contributed by atoms with E-state index in [1.54, 1.807) is 0 Å². The minimum Gasteiger partial charge on any atom is -0.319 e. The summed E-state index contributed by atoms with van der Waals surface area (Å²) in [6, 6.07) is 5.94. The van der Waals surface area contributed by atoms with Gasteiger partial charge >= 0.3 is 0 Å². The Kier molecular flexibility index (Phi) is 3.93. The molecule has 1 aliphatic heterocycles. The van der Waals surface area contributed by atoms with Crippen molar-refractivity contribution in [1.29, 1.82) is 0 Å². The van der Waals surface area contributed by atoms with Crippen molar-refractivity contribution in [3.05, 3.63) is 28.8 Å². The molecule has 2 rings (SSSR count). The maximum absolute atomic E-state index is 12.2. The van der Waals surface area contributed by atoms with Crippen LogP contribution in [0.3, 0.4) is 0 Å². The van der Waals surface area contributed by atoms with Crippen LogP contribution in [0.1, 0.15) is 18.9 Å². The number of carbonyl (C=O) groups excluding carboxylic acids is 1. The van der Waals surface area contributed by atoms with Crippen LogP contribution in [-0.2, 0) is 4.79 Å². The van der Waals surface area contributed by atoms with Crippen molar-refractivity contribution in [2.24, 2.45) is 5.92 Å². The summed E-state index contributed by atoms with van der Waals surface area (Å²) in [7, 11) is 1.92. The number of carbonyl (C=O) groups is 1. The summed E-state index contributed by atoms with van der Waals surface area (Å²) in [5.74, 6) is 0.550. The van der Waals surface area contributed by atoms with Gasteiger partial charge in [-0.1, -0.05) is 17.7 Å². The molecule has 1 aliphatic rings. The molecule has 2 atom stereocenters. The topological polar surface area (TPSA) is 32.3 Å². The molecule has 1 fully saturated rings. The first-order chi connectivity index (χ1) is 8.56.